The molecular formula is C20H25NO. The summed E-state index contributed by atoms with van der Waals surface area (Å²) in [6.45, 7) is 5.12. The Bertz CT molecular complexity index is 612. The first-order valence-corrected chi connectivity index (χ1v) is 7.82. The number of rotatable bonds is 6. The summed E-state index contributed by atoms with van der Waals surface area (Å²) in [5, 5.41) is 0. The number of allylic oxidation sites excluding steroid dienone is 6. The van der Waals surface area contributed by atoms with E-state index in [2.05, 4.69) is 62.3 Å². The summed E-state index contributed by atoms with van der Waals surface area (Å²) in [5.74, 6) is 0.875. The molecular weight excluding hydrogens is 270 g/mol. The molecule has 1 heterocycles. The van der Waals surface area contributed by atoms with Gasteiger partial charge in [-0.1, -0.05) is 30.4 Å². The van der Waals surface area contributed by atoms with Gasteiger partial charge in [0.05, 0.1) is 6.26 Å². The molecule has 2 rings (SSSR count). The van der Waals surface area contributed by atoms with Crippen molar-refractivity contribution in [2.45, 2.75) is 26.7 Å². The number of furan rings is 1. The molecule has 2 nitrogen and oxygen atoms in total. The number of likely N-dealkylation sites (N-methyl/N-ethyl adjacent to an activating group) is 1. The summed E-state index contributed by atoms with van der Waals surface area (Å²) in [5.41, 5.74) is 3.83. The van der Waals surface area contributed by atoms with Gasteiger partial charge < -0.3 is 9.32 Å². The standard InChI is InChI=1S/C20H25NO/c1-4-9-20(17(2)13-14-19-12-8-15-22-19)21(3)16-18-10-6-5-7-11-18/h4,6,8-15H,5,7,16H2,1-3H3/b9-4-,14-13+,20-17+. The first-order valence-electron chi connectivity index (χ1n) is 7.82. The molecule has 22 heavy (non-hydrogen) atoms. The summed E-state index contributed by atoms with van der Waals surface area (Å²) in [7, 11) is 2.14. The summed E-state index contributed by atoms with van der Waals surface area (Å²) >= 11 is 0. The molecule has 0 saturated carbocycles. The van der Waals surface area contributed by atoms with Crippen molar-refractivity contribution in [1.82, 2.24) is 4.90 Å². The molecule has 0 radical (unpaired) electrons. The highest BCUT2D eigenvalue weighted by molar-refractivity contribution is 5.49. The Morgan fingerprint density at radius 3 is 2.82 bits per heavy atom. The highest BCUT2D eigenvalue weighted by Crippen LogP contribution is 2.17. The molecule has 1 aliphatic rings. The maximum Gasteiger partial charge on any atom is 0.126 e. The van der Waals surface area contributed by atoms with Gasteiger partial charge in [0.2, 0.25) is 0 Å². The monoisotopic (exact) mass is 295 g/mol. The second kappa shape index (κ2) is 8.28. The zero-order chi connectivity index (χ0) is 15.8. The van der Waals surface area contributed by atoms with Crippen LogP contribution in [0.15, 0.2) is 76.1 Å². The van der Waals surface area contributed by atoms with Gasteiger partial charge in [0.25, 0.3) is 0 Å². The van der Waals surface area contributed by atoms with Crippen LogP contribution in [0.25, 0.3) is 6.08 Å². The largest absolute Gasteiger partial charge is 0.465 e. The molecule has 1 aromatic rings. The van der Waals surface area contributed by atoms with Crippen molar-refractivity contribution < 1.29 is 4.42 Å². The number of nitrogens with zero attached hydrogens (tertiary/aromatic N) is 1. The lowest BCUT2D eigenvalue weighted by atomic mass is 10.1. The number of hydrogen-bond acceptors (Lipinski definition) is 2. The lowest BCUT2D eigenvalue weighted by molar-refractivity contribution is 0.466. The van der Waals surface area contributed by atoms with Gasteiger partial charge in [-0.2, -0.15) is 0 Å². The van der Waals surface area contributed by atoms with E-state index in [1.807, 2.05) is 18.2 Å². The third-order valence-electron chi connectivity index (χ3n) is 3.67. The van der Waals surface area contributed by atoms with Gasteiger partial charge in [0, 0.05) is 19.3 Å². The van der Waals surface area contributed by atoms with Crippen LogP contribution in [0, 0.1) is 0 Å². The van der Waals surface area contributed by atoms with Crippen LogP contribution in [0.3, 0.4) is 0 Å². The van der Waals surface area contributed by atoms with Gasteiger partial charge in [0.15, 0.2) is 0 Å². The fourth-order valence-corrected chi connectivity index (χ4v) is 2.54. The minimum atomic E-state index is 0.875. The SMILES string of the molecule is C\C=C/C(=C(C)\C=C\c1ccco1)N(C)CC1=CCCC=C1. The zero-order valence-corrected chi connectivity index (χ0v) is 13.8. The molecule has 2 heteroatoms. The predicted octanol–water partition coefficient (Wildman–Crippen LogP) is 5.35. The average molecular weight is 295 g/mol. The van der Waals surface area contributed by atoms with E-state index in [-0.39, 0.29) is 0 Å². The van der Waals surface area contributed by atoms with Gasteiger partial charge in [0.1, 0.15) is 5.76 Å². The molecule has 0 bridgehead atoms. The fourth-order valence-electron chi connectivity index (χ4n) is 2.54. The van der Waals surface area contributed by atoms with E-state index in [4.69, 9.17) is 4.42 Å². The Kier molecular flexibility index (Phi) is 6.08. The lowest BCUT2D eigenvalue weighted by Crippen LogP contribution is -2.20. The molecule has 0 fully saturated rings. The van der Waals surface area contributed by atoms with Gasteiger partial charge in [-0.05, 0) is 62.1 Å². The molecule has 0 saturated heterocycles. The first kappa shape index (κ1) is 16.2. The first-order chi connectivity index (χ1) is 10.7. The van der Waals surface area contributed by atoms with E-state index in [0.717, 1.165) is 25.1 Å². The van der Waals surface area contributed by atoms with Crippen LogP contribution < -0.4 is 0 Å². The van der Waals surface area contributed by atoms with Crippen molar-refractivity contribution in [2.75, 3.05) is 13.6 Å². The predicted molar refractivity (Wildman–Crippen MR) is 94.3 cm³/mol. The highest BCUT2D eigenvalue weighted by Gasteiger charge is 2.07. The maximum absolute atomic E-state index is 5.35. The third-order valence-corrected chi connectivity index (χ3v) is 3.67. The maximum atomic E-state index is 5.35. The van der Waals surface area contributed by atoms with Crippen LogP contribution >= 0.6 is 0 Å². The summed E-state index contributed by atoms with van der Waals surface area (Å²) < 4.78 is 5.35. The topological polar surface area (TPSA) is 16.4 Å². The van der Waals surface area contributed by atoms with Crippen LogP contribution in [-0.2, 0) is 0 Å². The van der Waals surface area contributed by atoms with Crippen LogP contribution in [0.4, 0.5) is 0 Å². The average Bonchev–Trinajstić information content (AvgIpc) is 3.04. The molecule has 1 aliphatic carbocycles. The van der Waals surface area contributed by atoms with Gasteiger partial charge in [-0.15, -0.1) is 0 Å². The van der Waals surface area contributed by atoms with Crippen molar-refractivity contribution >= 4 is 6.08 Å². The minimum Gasteiger partial charge on any atom is -0.465 e. The Balaban J connectivity index is 2.14. The van der Waals surface area contributed by atoms with E-state index in [0.29, 0.717) is 0 Å². The Morgan fingerprint density at radius 1 is 1.32 bits per heavy atom. The van der Waals surface area contributed by atoms with Crippen LogP contribution in [0.2, 0.25) is 0 Å². The normalized spacial score (nSPS) is 16.2. The van der Waals surface area contributed by atoms with Crippen molar-refractivity contribution in [2.24, 2.45) is 0 Å². The summed E-state index contributed by atoms with van der Waals surface area (Å²) in [6, 6.07) is 3.86. The van der Waals surface area contributed by atoms with Gasteiger partial charge >= 0.3 is 0 Å². The molecule has 0 unspecified atom stereocenters. The lowest BCUT2D eigenvalue weighted by Gasteiger charge is -2.23. The second-order valence-corrected chi connectivity index (χ2v) is 5.53. The van der Waals surface area contributed by atoms with E-state index < -0.39 is 0 Å². The molecule has 0 aliphatic heterocycles. The van der Waals surface area contributed by atoms with Crippen molar-refractivity contribution in [1.29, 1.82) is 0 Å². The Hall–Kier alpha value is -2.22. The zero-order valence-electron chi connectivity index (χ0n) is 13.8. The second-order valence-electron chi connectivity index (χ2n) is 5.53. The summed E-state index contributed by atoms with van der Waals surface area (Å²) in [6.07, 6.45) is 19.2. The minimum absolute atomic E-state index is 0.875. The van der Waals surface area contributed by atoms with E-state index >= 15 is 0 Å². The molecule has 0 atom stereocenters. The summed E-state index contributed by atoms with van der Waals surface area (Å²) in [4.78, 5) is 2.29. The fraction of sp³-hybridized carbons (Fsp3) is 0.300. The number of hydrogen-bond donors (Lipinski definition) is 0. The molecule has 0 aromatic carbocycles. The Labute approximate surface area is 133 Å². The molecule has 1 aromatic heterocycles. The van der Waals surface area contributed by atoms with Crippen LogP contribution in [0.1, 0.15) is 32.4 Å². The van der Waals surface area contributed by atoms with E-state index in [1.54, 1.807) is 6.26 Å². The quantitative estimate of drug-likeness (QED) is 0.658. The van der Waals surface area contributed by atoms with Gasteiger partial charge in [-0.25, -0.2) is 0 Å². The smallest absolute Gasteiger partial charge is 0.126 e. The van der Waals surface area contributed by atoms with Gasteiger partial charge in [-0.3, -0.25) is 0 Å². The van der Waals surface area contributed by atoms with E-state index in [9.17, 15) is 0 Å². The van der Waals surface area contributed by atoms with Crippen LogP contribution in [-0.4, -0.2) is 18.5 Å². The molecule has 0 spiro atoms. The third kappa shape index (κ3) is 4.66. The van der Waals surface area contributed by atoms with Crippen molar-refractivity contribution in [3.8, 4) is 0 Å². The van der Waals surface area contributed by atoms with Crippen molar-refractivity contribution in [3.63, 3.8) is 0 Å². The Morgan fingerprint density at radius 2 is 2.18 bits per heavy atom. The van der Waals surface area contributed by atoms with Crippen LogP contribution in [0.5, 0.6) is 0 Å². The molecule has 116 valence electrons. The molecule has 0 N–H and O–H groups in total. The molecule has 0 amide bonds. The van der Waals surface area contributed by atoms with Crippen molar-refractivity contribution in [3.05, 3.63) is 77.5 Å². The highest BCUT2D eigenvalue weighted by atomic mass is 16.3. The van der Waals surface area contributed by atoms with E-state index in [1.165, 1.54) is 16.8 Å².